The number of carbonyl (C=O) groups excluding carboxylic acids is 1. The molecular weight excluding hydrogens is 370 g/mol. The van der Waals surface area contributed by atoms with Crippen molar-refractivity contribution in [2.75, 3.05) is 31.1 Å². The molecule has 2 aromatic rings. The Balaban J connectivity index is 1.64. The Morgan fingerprint density at radius 3 is 2.48 bits per heavy atom. The van der Waals surface area contributed by atoms with E-state index in [2.05, 4.69) is 14.9 Å². The van der Waals surface area contributed by atoms with Gasteiger partial charge in [0, 0.05) is 55.6 Å². The molecule has 0 saturated carbocycles. The summed E-state index contributed by atoms with van der Waals surface area (Å²) in [5, 5.41) is 10.7. The summed E-state index contributed by atoms with van der Waals surface area (Å²) >= 11 is 0. The van der Waals surface area contributed by atoms with Crippen LogP contribution >= 0.6 is 0 Å². The van der Waals surface area contributed by atoms with Crippen molar-refractivity contribution in [3.05, 3.63) is 63.1 Å². The molecule has 3 rings (SSSR count). The number of hydrogen-bond donors (Lipinski definition) is 0. The maximum absolute atomic E-state index is 12.6. The quantitative estimate of drug-likeness (QED) is 0.449. The molecular formula is C21H25N5O3. The Bertz CT molecular complexity index is 940. The number of nitro groups is 1. The number of amides is 1. The predicted molar refractivity (Wildman–Crippen MR) is 112 cm³/mol. The Morgan fingerprint density at radius 2 is 1.79 bits per heavy atom. The van der Waals surface area contributed by atoms with Crippen molar-refractivity contribution in [1.82, 2.24) is 14.9 Å². The van der Waals surface area contributed by atoms with Crippen LogP contribution in [0.5, 0.6) is 0 Å². The predicted octanol–water partition coefficient (Wildman–Crippen LogP) is 3.06. The number of rotatable bonds is 4. The number of anilines is 1. The van der Waals surface area contributed by atoms with Gasteiger partial charge >= 0.3 is 0 Å². The molecule has 29 heavy (non-hydrogen) atoms. The lowest BCUT2D eigenvalue weighted by Crippen LogP contribution is -2.34. The fourth-order valence-corrected chi connectivity index (χ4v) is 3.39. The highest BCUT2D eigenvalue weighted by atomic mass is 16.6. The number of carbonyl (C=O) groups is 1. The van der Waals surface area contributed by atoms with Crippen molar-refractivity contribution in [2.45, 2.75) is 27.2 Å². The fraction of sp³-hybridized carbons (Fsp3) is 0.381. The van der Waals surface area contributed by atoms with Crippen LogP contribution in [0.2, 0.25) is 0 Å². The minimum atomic E-state index is -0.440. The van der Waals surface area contributed by atoms with Gasteiger partial charge in [-0.25, -0.2) is 9.97 Å². The summed E-state index contributed by atoms with van der Waals surface area (Å²) in [5.41, 5.74) is 2.85. The summed E-state index contributed by atoms with van der Waals surface area (Å²) in [6, 6.07) is 6.13. The lowest BCUT2D eigenvalue weighted by molar-refractivity contribution is -0.384. The number of hydrogen-bond acceptors (Lipinski definition) is 6. The molecule has 1 amide bonds. The van der Waals surface area contributed by atoms with Gasteiger partial charge in [-0.05, 0) is 51.0 Å². The van der Waals surface area contributed by atoms with Crippen molar-refractivity contribution < 1.29 is 9.72 Å². The third-order valence-electron chi connectivity index (χ3n) is 5.10. The normalized spacial score (nSPS) is 14.9. The highest BCUT2D eigenvalue weighted by molar-refractivity contribution is 5.91. The van der Waals surface area contributed by atoms with E-state index in [0.717, 1.165) is 41.4 Å². The molecule has 0 N–H and O–H groups in total. The van der Waals surface area contributed by atoms with E-state index in [9.17, 15) is 14.9 Å². The summed E-state index contributed by atoms with van der Waals surface area (Å²) < 4.78 is 0. The van der Waals surface area contributed by atoms with E-state index < -0.39 is 4.92 Å². The lowest BCUT2D eigenvalue weighted by atomic mass is 10.2. The SMILES string of the molecule is Cc1nc(C)c(C)c(N2CCCN(C(=O)C=Cc3ccc([N+](=O)[O-])cc3)CC2)n1. The average molecular weight is 395 g/mol. The van der Waals surface area contributed by atoms with Crippen molar-refractivity contribution in [3.8, 4) is 0 Å². The van der Waals surface area contributed by atoms with E-state index in [0.29, 0.717) is 19.6 Å². The number of nitro benzene ring substituents is 1. The molecule has 0 aliphatic carbocycles. The fourth-order valence-electron chi connectivity index (χ4n) is 3.39. The van der Waals surface area contributed by atoms with Crippen molar-refractivity contribution >= 4 is 23.5 Å². The summed E-state index contributed by atoms with van der Waals surface area (Å²) in [4.78, 5) is 36.0. The average Bonchev–Trinajstić information content (AvgIpc) is 2.95. The van der Waals surface area contributed by atoms with E-state index in [1.54, 1.807) is 18.2 Å². The van der Waals surface area contributed by atoms with Gasteiger partial charge in [-0.1, -0.05) is 0 Å². The van der Waals surface area contributed by atoms with Gasteiger partial charge in [0.2, 0.25) is 5.91 Å². The summed E-state index contributed by atoms with van der Waals surface area (Å²) in [6.07, 6.45) is 4.08. The third kappa shape index (κ3) is 4.96. The smallest absolute Gasteiger partial charge is 0.269 e. The molecule has 1 aromatic heterocycles. The molecule has 0 bridgehead atoms. The van der Waals surface area contributed by atoms with Crippen LogP contribution in [0.1, 0.15) is 29.1 Å². The van der Waals surface area contributed by atoms with Crippen LogP contribution in [0.4, 0.5) is 11.5 Å². The Morgan fingerprint density at radius 1 is 1.07 bits per heavy atom. The molecule has 8 heteroatoms. The molecule has 0 spiro atoms. The highest BCUT2D eigenvalue weighted by Gasteiger charge is 2.20. The third-order valence-corrected chi connectivity index (χ3v) is 5.10. The monoisotopic (exact) mass is 395 g/mol. The maximum atomic E-state index is 12.6. The minimum Gasteiger partial charge on any atom is -0.354 e. The lowest BCUT2D eigenvalue weighted by Gasteiger charge is -2.24. The number of aryl methyl sites for hydroxylation is 2. The number of aromatic nitrogens is 2. The van der Waals surface area contributed by atoms with Crippen molar-refractivity contribution in [2.24, 2.45) is 0 Å². The summed E-state index contributed by atoms with van der Waals surface area (Å²) in [5.74, 6) is 1.65. The zero-order valence-corrected chi connectivity index (χ0v) is 17.0. The van der Waals surface area contributed by atoms with Gasteiger partial charge in [-0.3, -0.25) is 14.9 Å². The molecule has 1 fully saturated rings. The van der Waals surface area contributed by atoms with Crippen molar-refractivity contribution in [1.29, 1.82) is 0 Å². The second-order valence-corrected chi connectivity index (χ2v) is 7.15. The van der Waals surface area contributed by atoms with Crippen LogP contribution in [-0.2, 0) is 4.79 Å². The molecule has 2 heterocycles. The van der Waals surface area contributed by atoms with Gasteiger partial charge in [-0.15, -0.1) is 0 Å². The molecule has 1 aliphatic rings. The van der Waals surface area contributed by atoms with E-state index in [4.69, 9.17) is 0 Å². The van der Waals surface area contributed by atoms with Gasteiger partial charge in [0.25, 0.3) is 5.69 Å². The first-order valence-corrected chi connectivity index (χ1v) is 9.63. The summed E-state index contributed by atoms with van der Waals surface area (Å²) in [6.45, 7) is 8.77. The van der Waals surface area contributed by atoms with E-state index >= 15 is 0 Å². The Hall–Kier alpha value is -3.29. The van der Waals surface area contributed by atoms with E-state index in [-0.39, 0.29) is 11.6 Å². The number of non-ortho nitro benzene ring substituents is 1. The largest absolute Gasteiger partial charge is 0.354 e. The van der Waals surface area contributed by atoms with Crippen LogP contribution < -0.4 is 4.90 Å². The van der Waals surface area contributed by atoms with Gasteiger partial charge in [0.15, 0.2) is 0 Å². The molecule has 1 aliphatic heterocycles. The molecule has 0 radical (unpaired) electrons. The van der Waals surface area contributed by atoms with Crippen molar-refractivity contribution in [3.63, 3.8) is 0 Å². The first-order chi connectivity index (χ1) is 13.8. The molecule has 152 valence electrons. The second kappa shape index (κ2) is 8.81. The highest BCUT2D eigenvalue weighted by Crippen LogP contribution is 2.21. The van der Waals surface area contributed by atoms with Gasteiger partial charge in [0.1, 0.15) is 11.6 Å². The van der Waals surface area contributed by atoms with Crippen LogP contribution in [0.25, 0.3) is 6.08 Å². The minimum absolute atomic E-state index is 0.0339. The van der Waals surface area contributed by atoms with Gasteiger partial charge < -0.3 is 9.80 Å². The second-order valence-electron chi connectivity index (χ2n) is 7.15. The van der Waals surface area contributed by atoms with E-state index in [1.807, 2.05) is 25.7 Å². The molecule has 1 saturated heterocycles. The standard InChI is InChI=1S/C21H25N5O3/c1-15-16(2)22-17(3)23-21(15)25-12-4-11-24(13-14-25)20(27)10-7-18-5-8-19(9-6-18)26(28)29/h5-10H,4,11-14H2,1-3H3. The Kier molecular flexibility index (Phi) is 6.21. The molecule has 0 unspecified atom stereocenters. The van der Waals surface area contributed by atoms with Gasteiger partial charge in [0.05, 0.1) is 4.92 Å². The first-order valence-electron chi connectivity index (χ1n) is 9.63. The maximum Gasteiger partial charge on any atom is 0.269 e. The van der Waals surface area contributed by atoms with E-state index in [1.165, 1.54) is 18.2 Å². The van der Waals surface area contributed by atoms with Crippen LogP contribution in [0.3, 0.4) is 0 Å². The van der Waals surface area contributed by atoms with Crippen LogP contribution in [0, 0.1) is 30.9 Å². The van der Waals surface area contributed by atoms with Gasteiger partial charge in [-0.2, -0.15) is 0 Å². The summed E-state index contributed by atoms with van der Waals surface area (Å²) in [7, 11) is 0. The topological polar surface area (TPSA) is 92.5 Å². The zero-order chi connectivity index (χ0) is 21.0. The molecule has 0 atom stereocenters. The Labute approximate surface area is 170 Å². The first kappa shape index (κ1) is 20.4. The van der Waals surface area contributed by atoms with Crippen LogP contribution in [0.15, 0.2) is 30.3 Å². The van der Waals surface area contributed by atoms with Crippen LogP contribution in [-0.4, -0.2) is 51.9 Å². The number of benzene rings is 1. The molecule has 8 nitrogen and oxygen atoms in total. The zero-order valence-electron chi connectivity index (χ0n) is 17.0. The number of nitrogens with zero attached hydrogens (tertiary/aromatic N) is 5. The molecule has 1 aromatic carbocycles.